The lowest BCUT2D eigenvalue weighted by atomic mass is 10.0. The van der Waals surface area contributed by atoms with Crippen molar-refractivity contribution in [2.24, 2.45) is 0 Å². The molecule has 0 radical (unpaired) electrons. The van der Waals surface area contributed by atoms with Crippen molar-refractivity contribution in [3.8, 4) is 10.6 Å². The second-order valence-corrected chi connectivity index (χ2v) is 8.69. The molecule has 0 amide bonds. The van der Waals surface area contributed by atoms with Crippen molar-refractivity contribution in [2.45, 2.75) is 58.0 Å². The fourth-order valence-corrected chi connectivity index (χ4v) is 3.70. The number of ether oxygens (including phenoxy) is 3. The van der Waals surface area contributed by atoms with Crippen molar-refractivity contribution in [2.75, 3.05) is 6.54 Å². The van der Waals surface area contributed by atoms with Crippen molar-refractivity contribution < 1.29 is 23.8 Å². The van der Waals surface area contributed by atoms with Crippen LogP contribution in [0.5, 0.6) is 0 Å². The first-order chi connectivity index (χ1) is 13.7. The summed E-state index contributed by atoms with van der Waals surface area (Å²) < 4.78 is 16.1. The first kappa shape index (κ1) is 21.2. The van der Waals surface area contributed by atoms with Gasteiger partial charge in [-0.15, -0.1) is 10.2 Å². The summed E-state index contributed by atoms with van der Waals surface area (Å²) in [5, 5.41) is 12.1. The summed E-state index contributed by atoms with van der Waals surface area (Å²) in [5.74, 6) is -0.423. The van der Waals surface area contributed by atoms with Crippen LogP contribution in [0, 0.1) is 0 Å². The highest BCUT2D eigenvalue weighted by atomic mass is 32.1. The average molecular weight is 420 g/mol. The van der Waals surface area contributed by atoms with Crippen LogP contribution < -0.4 is 5.32 Å². The molecule has 1 aromatic heterocycles. The van der Waals surface area contributed by atoms with Crippen molar-refractivity contribution in [1.82, 2.24) is 15.5 Å². The Labute approximate surface area is 173 Å². The monoisotopic (exact) mass is 419 g/mol. The second-order valence-electron chi connectivity index (χ2n) is 7.85. The summed E-state index contributed by atoms with van der Waals surface area (Å²) in [7, 11) is 0. The molecule has 1 saturated heterocycles. The summed E-state index contributed by atoms with van der Waals surface area (Å²) in [6.45, 7) is 7.01. The molecule has 29 heavy (non-hydrogen) atoms. The number of benzene rings is 1. The van der Waals surface area contributed by atoms with Crippen LogP contribution in [0.2, 0.25) is 0 Å². The fourth-order valence-electron chi connectivity index (χ4n) is 3.14. The normalized spacial score (nSPS) is 21.6. The highest BCUT2D eigenvalue weighted by molar-refractivity contribution is 7.12. The second kappa shape index (κ2) is 8.87. The van der Waals surface area contributed by atoms with Gasteiger partial charge in [0.15, 0.2) is 12.2 Å². The van der Waals surface area contributed by atoms with Crippen LogP contribution in [-0.4, -0.2) is 52.7 Å². The highest BCUT2D eigenvalue weighted by Crippen LogP contribution is 2.24. The molecule has 1 aliphatic rings. The third-order valence-electron chi connectivity index (χ3n) is 4.30. The number of hydrogen-bond donors (Lipinski definition) is 1. The fraction of sp³-hybridized carbons (Fsp3) is 0.500. The summed E-state index contributed by atoms with van der Waals surface area (Å²) in [4.78, 5) is 23.6. The molecule has 0 saturated carbocycles. The molecule has 0 aliphatic carbocycles. The molecule has 0 bridgehead atoms. The molecule has 2 aromatic rings. The van der Waals surface area contributed by atoms with E-state index in [0.29, 0.717) is 13.0 Å². The van der Waals surface area contributed by atoms with E-state index in [1.165, 1.54) is 18.3 Å². The van der Waals surface area contributed by atoms with Crippen LogP contribution in [0.4, 0.5) is 4.79 Å². The van der Waals surface area contributed by atoms with E-state index < -0.39 is 29.9 Å². The Morgan fingerprint density at radius 3 is 2.52 bits per heavy atom. The Morgan fingerprint density at radius 1 is 1.21 bits per heavy atom. The first-order valence-electron chi connectivity index (χ1n) is 9.37. The van der Waals surface area contributed by atoms with Gasteiger partial charge in [-0.05, 0) is 32.8 Å². The number of hydrogen-bond acceptors (Lipinski definition) is 9. The predicted molar refractivity (Wildman–Crippen MR) is 108 cm³/mol. The van der Waals surface area contributed by atoms with Gasteiger partial charge in [0, 0.05) is 19.0 Å². The molecule has 8 nitrogen and oxygen atoms in total. The highest BCUT2D eigenvalue weighted by Gasteiger charge is 2.41. The Balaban J connectivity index is 1.66. The maximum Gasteiger partial charge on any atom is 0.509 e. The maximum atomic E-state index is 12.0. The quantitative estimate of drug-likeness (QED) is 0.739. The maximum absolute atomic E-state index is 12.0. The minimum Gasteiger partial charge on any atom is -0.457 e. The van der Waals surface area contributed by atoms with Crippen molar-refractivity contribution >= 4 is 23.5 Å². The molecule has 156 valence electrons. The van der Waals surface area contributed by atoms with Gasteiger partial charge >= 0.3 is 12.1 Å². The van der Waals surface area contributed by atoms with Crippen molar-refractivity contribution in [3.63, 3.8) is 0 Å². The Morgan fingerprint density at radius 2 is 1.93 bits per heavy atom. The summed E-state index contributed by atoms with van der Waals surface area (Å²) in [6, 6.07) is 7.80. The molecule has 3 rings (SSSR count). The Hall–Kier alpha value is -2.52. The molecule has 1 fully saturated rings. The van der Waals surface area contributed by atoms with Crippen LogP contribution in [-0.2, 0) is 25.4 Å². The van der Waals surface area contributed by atoms with Gasteiger partial charge in [-0.3, -0.25) is 4.79 Å². The van der Waals surface area contributed by atoms with E-state index in [4.69, 9.17) is 14.2 Å². The Kier molecular flexibility index (Phi) is 6.49. The molecular weight excluding hydrogens is 394 g/mol. The minimum atomic E-state index is -0.775. The lowest BCUT2D eigenvalue weighted by molar-refractivity contribution is -0.152. The van der Waals surface area contributed by atoms with Crippen molar-refractivity contribution in [1.29, 1.82) is 0 Å². The van der Waals surface area contributed by atoms with E-state index in [1.807, 2.05) is 24.3 Å². The smallest absolute Gasteiger partial charge is 0.457 e. The van der Waals surface area contributed by atoms with E-state index in [-0.39, 0.29) is 6.04 Å². The Bertz CT molecular complexity index is 833. The van der Waals surface area contributed by atoms with Crippen LogP contribution in [0.25, 0.3) is 10.6 Å². The van der Waals surface area contributed by atoms with Gasteiger partial charge < -0.3 is 19.5 Å². The summed E-state index contributed by atoms with van der Waals surface area (Å²) in [6.07, 6.45) is -1.37. The van der Waals surface area contributed by atoms with Gasteiger partial charge in [0.05, 0.1) is 6.04 Å². The number of nitrogens with zero attached hydrogens (tertiary/aromatic N) is 2. The molecule has 0 spiro atoms. The van der Waals surface area contributed by atoms with E-state index in [9.17, 15) is 9.59 Å². The topological polar surface area (TPSA) is 99.6 Å². The van der Waals surface area contributed by atoms with Gasteiger partial charge in [0.1, 0.15) is 16.1 Å². The van der Waals surface area contributed by atoms with Crippen LogP contribution in [0.1, 0.15) is 33.3 Å². The van der Waals surface area contributed by atoms with Gasteiger partial charge in [-0.2, -0.15) is 0 Å². The van der Waals surface area contributed by atoms with E-state index in [1.54, 1.807) is 26.3 Å². The molecule has 9 heteroatoms. The van der Waals surface area contributed by atoms with Crippen LogP contribution in [0.15, 0.2) is 29.8 Å². The van der Waals surface area contributed by atoms with Crippen LogP contribution in [0.3, 0.4) is 0 Å². The van der Waals surface area contributed by atoms with Gasteiger partial charge in [0.2, 0.25) is 0 Å². The number of nitrogens with one attached hydrogen (secondary N) is 1. The number of carbonyl (C=O) groups excluding carboxylic acids is 2. The van der Waals surface area contributed by atoms with Gasteiger partial charge in [-0.25, -0.2) is 4.79 Å². The van der Waals surface area contributed by atoms with Gasteiger partial charge in [-0.1, -0.05) is 35.6 Å². The van der Waals surface area contributed by atoms with E-state index in [2.05, 4.69) is 15.5 Å². The first-order valence-corrected chi connectivity index (χ1v) is 10.2. The molecule has 3 atom stereocenters. The van der Waals surface area contributed by atoms with E-state index >= 15 is 0 Å². The third kappa shape index (κ3) is 5.98. The minimum absolute atomic E-state index is 0.182. The molecule has 1 N–H and O–H groups in total. The zero-order valence-electron chi connectivity index (χ0n) is 16.9. The number of aromatic nitrogens is 2. The lowest BCUT2D eigenvalue weighted by Crippen LogP contribution is -2.40. The molecule has 2 heterocycles. The molecular formula is C20H25N3O5S. The lowest BCUT2D eigenvalue weighted by Gasteiger charge is -2.25. The molecule has 0 unspecified atom stereocenters. The van der Waals surface area contributed by atoms with Crippen LogP contribution >= 0.6 is 11.3 Å². The standard InChI is InChI=1S/C20H25N3O5S/c1-12(24)26-17-15(21-10-16(17)27-19(25)28-20(2,3)4)9-13-5-7-14(8-6-13)18-23-22-11-29-18/h5-8,11,15-17,21H,9-10H2,1-4H3/t15-,16+,17+/m1/s1. The summed E-state index contributed by atoms with van der Waals surface area (Å²) in [5.41, 5.74) is 3.10. The molecule has 1 aromatic carbocycles. The van der Waals surface area contributed by atoms with E-state index in [0.717, 1.165) is 16.1 Å². The van der Waals surface area contributed by atoms with Crippen molar-refractivity contribution in [3.05, 3.63) is 35.3 Å². The largest absolute Gasteiger partial charge is 0.509 e. The zero-order chi connectivity index (χ0) is 21.0. The van der Waals surface area contributed by atoms with Gasteiger partial charge in [0.25, 0.3) is 0 Å². The average Bonchev–Trinajstić information content (AvgIpc) is 3.26. The SMILES string of the molecule is CC(=O)O[C@@H]1[C@@H](OC(=O)OC(C)(C)C)CN[C@@H]1Cc1ccc(-c2nncs2)cc1. The number of carbonyl (C=O) groups is 2. The third-order valence-corrected chi connectivity index (χ3v) is 5.04. The predicted octanol–water partition coefficient (Wildman–Crippen LogP) is 2.97. The zero-order valence-corrected chi connectivity index (χ0v) is 17.7. The molecule has 1 aliphatic heterocycles. The number of rotatable bonds is 5. The summed E-state index contributed by atoms with van der Waals surface area (Å²) >= 11 is 1.48. The number of esters is 1.